The summed E-state index contributed by atoms with van der Waals surface area (Å²) < 4.78 is 15.6. The molecule has 0 N–H and O–H groups in total. The van der Waals surface area contributed by atoms with E-state index in [1.165, 1.54) is 42.2 Å². The molecular weight excluding hydrogens is 507 g/mol. The minimum Gasteiger partial charge on any atom is -0.458 e. The highest BCUT2D eigenvalue weighted by Gasteiger charge is 2.40. The molecule has 4 heteroatoms. The molecule has 2 nitrogen and oxygen atoms in total. The van der Waals surface area contributed by atoms with Crippen molar-refractivity contribution in [3.8, 4) is 45.3 Å². The fraction of sp³-hybridized carbons (Fsp3) is 0. The van der Waals surface area contributed by atoms with Crippen LogP contribution in [0.15, 0.2) is 127 Å². The molecule has 0 saturated heterocycles. The molecule has 0 amide bonds. The van der Waals surface area contributed by atoms with Gasteiger partial charge >= 0.3 is 0 Å². The fourth-order valence-electron chi connectivity index (χ4n) is 6.32. The van der Waals surface area contributed by atoms with Gasteiger partial charge in [-0.1, -0.05) is 84.9 Å². The zero-order chi connectivity index (χ0) is 26.2. The van der Waals surface area contributed by atoms with Crippen molar-refractivity contribution in [1.29, 1.82) is 0 Å². The fourth-order valence-corrected chi connectivity index (χ4v) is 7.41. The van der Waals surface area contributed by atoms with Gasteiger partial charge in [0.1, 0.15) is 23.0 Å². The van der Waals surface area contributed by atoms with Gasteiger partial charge in [0.2, 0.25) is 0 Å². The molecule has 0 radical (unpaired) electrons. The third kappa shape index (κ3) is 3.23. The molecule has 0 atom stereocenters. The van der Waals surface area contributed by atoms with Gasteiger partial charge in [0.05, 0.1) is 0 Å². The number of fused-ring (bicyclic) bond motifs is 7. The Bertz CT molecular complexity index is 2060. The molecule has 2 aliphatic rings. The molecule has 7 aromatic rings. The topological polar surface area (TPSA) is 18.5 Å². The number of rotatable bonds is 2. The summed E-state index contributed by atoms with van der Waals surface area (Å²) in [4.78, 5) is 0. The molecule has 0 fully saturated rings. The first-order valence-corrected chi connectivity index (χ1v) is 14.4. The van der Waals surface area contributed by atoms with E-state index < -0.39 is 0 Å². The summed E-state index contributed by atoms with van der Waals surface area (Å²) in [5, 5.41) is 2.64. The third-order valence-corrected chi connectivity index (χ3v) is 9.37. The summed E-state index contributed by atoms with van der Waals surface area (Å²) in [6.07, 6.45) is 0. The molecule has 0 aliphatic carbocycles. The van der Waals surface area contributed by atoms with Crippen molar-refractivity contribution >= 4 is 54.6 Å². The van der Waals surface area contributed by atoms with Crippen molar-refractivity contribution < 1.29 is 9.47 Å². The second kappa shape index (κ2) is 8.35. The molecule has 9 rings (SSSR count). The van der Waals surface area contributed by atoms with E-state index in [9.17, 15) is 0 Å². The first-order valence-electron chi connectivity index (χ1n) is 13.5. The Labute approximate surface area is 236 Å². The SMILES string of the molecule is c1ccc2c(c1)Oc1cc(-c3ccc(-c4ccc5sc6ccccc6c5c4)cc3)cc3c1B2c1ccccc1O3. The highest BCUT2D eigenvalue weighted by atomic mass is 32.1. The van der Waals surface area contributed by atoms with E-state index in [0.29, 0.717) is 0 Å². The molecular formula is C36H21BO2S. The zero-order valence-electron chi connectivity index (χ0n) is 21.4. The van der Waals surface area contributed by atoms with E-state index >= 15 is 0 Å². The maximum absolute atomic E-state index is 6.48. The van der Waals surface area contributed by atoms with Crippen molar-refractivity contribution in [1.82, 2.24) is 0 Å². The number of hydrogen-bond donors (Lipinski definition) is 0. The van der Waals surface area contributed by atoms with Gasteiger partial charge in [0.25, 0.3) is 6.71 Å². The van der Waals surface area contributed by atoms with E-state index in [-0.39, 0.29) is 6.71 Å². The van der Waals surface area contributed by atoms with E-state index in [2.05, 4.69) is 115 Å². The zero-order valence-corrected chi connectivity index (χ0v) is 22.2. The van der Waals surface area contributed by atoms with Crippen LogP contribution in [0.2, 0.25) is 0 Å². The summed E-state index contributed by atoms with van der Waals surface area (Å²) in [7, 11) is 0. The number of para-hydroxylation sites is 2. The summed E-state index contributed by atoms with van der Waals surface area (Å²) in [5.41, 5.74) is 8.11. The van der Waals surface area contributed by atoms with Crippen molar-refractivity contribution in [3.05, 3.63) is 127 Å². The van der Waals surface area contributed by atoms with Crippen LogP contribution in [-0.4, -0.2) is 6.71 Å². The molecule has 3 heterocycles. The largest absolute Gasteiger partial charge is 0.458 e. The van der Waals surface area contributed by atoms with Crippen molar-refractivity contribution in [2.45, 2.75) is 0 Å². The lowest BCUT2D eigenvalue weighted by atomic mass is 9.35. The third-order valence-electron chi connectivity index (χ3n) is 8.22. The summed E-state index contributed by atoms with van der Waals surface area (Å²) >= 11 is 1.85. The van der Waals surface area contributed by atoms with Gasteiger partial charge in [-0.15, -0.1) is 11.3 Å². The van der Waals surface area contributed by atoms with Crippen LogP contribution in [0.25, 0.3) is 42.4 Å². The van der Waals surface area contributed by atoms with Crippen molar-refractivity contribution in [2.24, 2.45) is 0 Å². The lowest BCUT2D eigenvalue weighted by molar-refractivity contribution is 0.465. The van der Waals surface area contributed by atoms with E-state index in [0.717, 1.165) is 39.6 Å². The molecule has 1 aromatic heterocycles. The van der Waals surface area contributed by atoms with E-state index in [4.69, 9.17) is 9.47 Å². The Hall–Kier alpha value is -4.80. The minimum absolute atomic E-state index is 0.0967. The van der Waals surface area contributed by atoms with E-state index in [1.807, 2.05) is 23.5 Å². The molecule has 0 unspecified atom stereocenters. The summed E-state index contributed by atoms with van der Waals surface area (Å²) in [6, 6.07) is 45.3. The number of hydrogen-bond acceptors (Lipinski definition) is 3. The molecule has 2 aliphatic heterocycles. The lowest BCUT2D eigenvalue weighted by Crippen LogP contribution is -2.57. The van der Waals surface area contributed by atoms with Gasteiger partial charge in [-0.05, 0) is 75.6 Å². The molecule has 6 aromatic carbocycles. The summed E-state index contributed by atoms with van der Waals surface area (Å²) in [6.45, 7) is 0.0967. The maximum Gasteiger partial charge on any atom is 0.260 e. The van der Waals surface area contributed by atoms with Gasteiger partial charge in [0, 0.05) is 25.6 Å². The number of benzene rings is 6. The summed E-state index contributed by atoms with van der Waals surface area (Å²) in [5.74, 6) is 3.55. The lowest BCUT2D eigenvalue weighted by Gasteiger charge is -2.33. The second-order valence-electron chi connectivity index (χ2n) is 10.5. The van der Waals surface area contributed by atoms with Crippen LogP contribution >= 0.6 is 11.3 Å². The standard InChI is InChI=1S/C36H21BO2S/c1-6-12-34-26(7-1)27-19-24(17-18-35(27)40-34)22-13-15-23(16-14-22)25-20-32-36-33(21-25)39-31-11-5-3-9-29(31)37(36)28-8-2-4-10-30(28)38-32/h1-21H. The van der Waals surface area contributed by atoms with Crippen LogP contribution in [0.1, 0.15) is 0 Å². The number of ether oxygens (including phenoxy) is 2. The van der Waals surface area contributed by atoms with Gasteiger partial charge in [0.15, 0.2) is 0 Å². The Kier molecular flexibility index (Phi) is 4.61. The Balaban J connectivity index is 1.13. The average Bonchev–Trinajstić information content (AvgIpc) is 3.39. The van der Waals surface area contributed by atoms with Crippen LogP contribution in [0.3, 0.4) is 0 Å². The first-order chi connectivity index (χ1) is 19.8. The van der Waals surface area contributed by atoms with Crippen molar-refractivity contribution in [2.75, 3.05) is 0 Å². The highest BCUT2D eigenvalue weighted by molar-refractivity contribution is 7.25. The van der Waals surface area contributed by atoms with Crippen LogP contribution < -0.4 is 25.9 Å². The predicted octanol–water partition coefficient (Wildman–Crippen LogP) is 8.12. The van der Waals surface area contributed by atoms with Gasteiger partial charge in [-0.3, -0.25) is 0 Å². The number of thiophene rings is 1. The molecule has 0 bridgehead atoms. The quantitative estimate of drug-likeness (QED) is 0.211. The highest BCUT2D eigenvalue weighted by Crippen LogP contribution is 2.39. The Morgan fingerprint density at radius 2 is 0.975 bits per heavy atom. The van der Waals surface area contributed by atoms with E-state index in [1.54, 1.807) is 0 Å². The normalized spacial score (nSPS) is 12.8. The molecule has 186 valence electrons. The molecule has 0 saturated carbocycles. The van der Waals surface area contributed by atoms with Crippen LogP contribution in [0, 0.1) is 0 Å². The van der Waals surface area contributed by atoms with Gasteiger partial charge in [-0.25, -0.2) is 0 Å². The van der Waals surface area contributed by atoms with Crippen LogP contribution in [-0.2, 0) is 0 Å². The Morgan fingerprint density at radius 3 is 1.68 bits per heavy atom. The van der Waals surface area contributed by atoms with Crippen LogP contribution in [0.5, 0.6) is 23.0 Å². The van der Waals surface area contributed by atoms with Crippen molar-refractivity contribution in [3.63, 3.8) is 0 Å². The van der Waals surface area contributed by atoms with Gasteiger partial charge < -0.3 is 9.47 Å². The predicted molar refractivity (Wildman–Crippen MR) is 168 cm³/mol. The smallest absolute Gasteiger partial charge is 0.260 e. The molecule has 0 spiro atoms. The van der Waals surface area contributed by atoms with Gasteiger partial charge in [-0.2, -0.15) is 0 Å². The Morgan fingerprint density at radius 1 is 0.425 bits per heavy atom. The molecule has 40 heavy (non-hydrogen) atoms. The first kappa shape index (κ1) is 22.1. The minimum atomic E-state index is 0.0967. The van der Waals surface area contributed by atoms with Crippen LogP contribution in [0.4, 0.5) is 0 Å². The second-order valence-corrected chi connectivity index (χ2v) is 11.6. The maximum atomic E-state index is 6.48. The average molecular weight is 528 g/mol. The monoisotopic (exact) mass is 528 g/mol.